The number of hydrogen-bond acceptors (Lipinski definition) is 2. The molecule has 2 rings (SSSR count). The minimum Gasteiger partial charge on any atom is -0.316 e. The fourth-order valence-corrected chi connectivity index (χ4v) is 2.50. The minimum absolute atomic E-state index is 0.132. The molecule has 1 saturated heterocycles. The van der Waals surface area contributed by atoms with E-state index in [0.717, 1.165) is 32.4 Å². The van der Waals surface area contributed by atoms with Gasteiger partial charge in [-0.05, 0) is 31.4 Å². The SMILES string of the molecule is CC1(C(=O)CCc2ccccc2)CCCNC1. The first kappa shape index (κ1) is 12.3. The van der Waals surface area contributed by atoms with Gasteiger partial charge in [-0.1, -0.05) is 37.3 Å². The molecule has 1 heterocycles. The maximum absolute atomic E-state index is 12.3. The van der Waals surface area contributed by atoms with Gasteiger partial charge in [0.2, 0.25) is 0 Å². The van der Waals surface area contributed by atoms with Crippen LogP contribution in [0.15, 0.2) is 30.3 Å². The summed E-state index contributed by atoms with van der Waals surface area (Å²) < 4.78 is 0. The molecular formula is C15H21NO. The molecule has 1 unspecified atom stereocenters. The molecular weight excluding hydrogens is 210 g/mol. The van der Waals surface area contributed by atoms with E-state index in [-0.39, 0.29) is 5.41 Å². The molecule has 0 aromatic heterocycles. The largest absolute Gasteiger partial charge is 0.316 e. The van der Waals surface area contributed by atoms with Gasteiger partial charge in [-0.25, -0.2) is 0 Å². The molecule has 0 aliphatic carbocycles. The highest BCUT2D eigenvalue weighted by Crippen LogP contribution is 2.28. The van der Waals surface area contributed by atoms with Crippen LogP contribution in [0.2, 0.25) is 0 Å². The number of carbonyl (C=O) groups is 1. The second kappa shape index (κ2) is 5.46. The monoisotopic (exact) mass is 231 g/mol. The van der Waals surface area contributed by atoms with Crippen molar-refractivity contribution in [2.24, 2.45) is 5.41 Å². The smallest absolute Gasteiger partial charge is 0.140 e. The number of rotatable bonds is 4. The van der Waals surface area contributed by atoms with E-state index in [1.807, 2.05) is 18.2 Å². The molecule has 17 heavy (non-hydrogen) atoms. The summed E-state index contributed by atoms with van der Waals surface area (Å²) in [4.78, 5) is 12.3. The molecule has 92 valence electrons. The molecule has 1 fully saturated rings. The maximum atomic E-state index is 12.3. The van der Waals surface area contributed by atoms with Crippen molar-refractivity contribution in [3.8, 4) is 0 Å². The van der Waals surface area contributed by atoms with Crippen molar-refractivity contribution in [2.75, 3.05) is 13.1 Å². The second-order valence-corrected chi connectivity index (χ2v) is 5.25. The standard InChI is InChI=1S/C15H21NO/c1-15(10-5-11-16-12-15)14(17)9-8-13-6-3-2-4-7-13/h2-4,6-7,16H,5,8-12H2,1H3. The highest BCUT2D eigenvalue weighted by molar-refractivity contribution is 5.85. The molecule has 0 saturated carbocycles. The second-order valence-electron chi connectivity index (χ2n) is 5.25. The van der Waals surface area contributed by atoms with Crippen LogP contribution in [-0.2, 0) is 11.2 Å². The molecule has 0 spiro atoms. The zero-order chi connectivity index (χ0) is 12.1. The highest BCUT2D eigenvalue weighted by Gasteiger charge is 2.33. The van der Waals surface area contributed by atoms with Crippen molar-refractivity contribution in [1.82, 2.24) is 5.32 Å². The Balaban J connectivity index is 1.88. The first-order valence-corrected chi connectivity index (χ1v) is 6.49. The van der Waals surface area contributed by atoms with E-state index in [9.17, 15) is 4.79 Å². The van der Waals surface area contributed by atoms with Gasteiger partial charge in [-0.3, -0.25) is 4.79 Å². The molecule has 0 amide bonds. The van der Waals surface area contributed by atoms with Gasteiger partial charge in [0.05, 0.1) is 0 Å². The Morgan fingerprint density at radius 2 is 2.12 bits per heavy atom. The number of nitrogens with one attached hydrogen (secondary N) is 1. The summed E-state index contributed by atoms with van der Waals surface area (Å²) >= 11 is 0. The van der Waals surface area contributed by atoms with Crippen LogP contribution in [-0.4, -0.2) is 18.9 Å². The lowest BCUT2D eigenvalue weighted by Crippen LogP contribution is -2.43. The lowest BCUT2D eigenvalue weighted by molar-refractivity contribution is -0.128. The Hall–Kier alpha value is -1.15. The third-order valence-electron chi connectivity index (χ3n) is 3.75. The van der Waals surface area contributed by atoms with E-state index in [0.29, 0.717) is 12.2 Å². The predicted molar refractivity (Wildman–Crippen MR) is 70.0 cm³/mol. The maximum Gasteiger partial charge on any atom is 0.140 e. The van der Waals surface area contributed by atoms with Gasteiger partial charge in [0.15, 0.2) is 0 Å². The van der Waals surface area contributed by atoms with E-state index in [4.69, 9.17) is 0 Å². The van der Waals surface area contributed by atoms with Crippen molar-refractivity contribution in [1.29, 1.82) is 0 Å². The third kappa shape index (κ3) is 3.16. The van der Waals surface area contributed by atoms with Crippen molar-refractivity contribution in [3.63, 3.8) is 0 Å². The van der Waals surface area contributed by atoms with Crippen LogP contribution in [0.4, 0.5) is 0 Å². The Morgan fingerprint density at radius 1 is 1.35 bits per heavy atom. The van der Waals surface area contributed by atoms with E-state index in [1.165, 1.54) is 5.56 Å². The first-order chi connectivity index (χ1) is 8.21. The van der Waals surface area contributed by atoms with Crippen LogP contribution < -0.4 is 5.32 Å². The number of aryl methyl sites for hydroxylation is 1. The molecule has 1 N–H and O–H groups in total. The lowest BCUT2D eigenvalue weighted by Gasteiger charge is -2.32. The van der Waals surface area contributed by atoms with Gasteiger partial charge < -0.3 is 5.32 Å². The summed E-state index contributed by atoms with van der Waals surface area (Å²) in [5, 5.41) is 3.33. The van der Waals surface area contributed by atoms with E-state index >= 15 is 0 Å². The summed E-state index contributed by atoms with van der Waals surface area (Å²) in [6.45, 7) is 4.01. The quantitative estimate of drug-likeness (QED) is 0.863. The van der Waals surface area contributed by atoms with Gasteiger partial charge >= 0.3 is 0 Å². The Labute approximate surface area is 103 Å². The summed E-state index contributed by atoms with van der Waals surface area (Å²) in [6, 6.07) is 10.3. The fraction of sp³-hybridized carbons (Fsp3) is 0.533. The Kier molecular flexibility index (Phi) is 3.95. The summed E-state index contributed by atoms with van der Waals surface area (Å²) in [7, 11) is 0. The third-order valence-corrected chi connectivity index (χ3v) is 3.75. The molecule has 1 atom stereocenters. The summed E-state index contributed by atoms with van der Waals surface area (Å²) in [5.74, 6) is 0.411. The molecule has 1 aliphatic rings. The Morgan fingerprint density at radius 3 is 2.76 bits per heavy atom. The molecule has 0 radical (unpaired) electrons. The molecule has 0 bridgehead atoms. The molecule has 1 aliphatic heterocycles. The average Bonchev–Trinajstić information content (AvgIpc) is 2.38. The van der Waals surface area contributed by atoms with Crippen LogP contribution in [0.5, 0.6) is 0 Å². The summed E-state index contributed by atoms with van der Waals surface area (Å²) in [6.07, 6.45) is 3.69. The van der Waals surface area contributed by atoms with E-state index in [1.54, 1.807) is 0 Å². The first-order valence-electron chi connectivity index (χ1n) is 6.49. The summed E-state index contributed by atoms with van der Waals surface area (Å²) in [5.41, 5.74) is 1.13. The number of benzene rings is 1. The average molecular weight is 231 g/mol. The normalized spacial score (nSPS) is 24.5. The number of hydrogen-bond donors (Lipinski definition) is 1. The molecule has 2 nitrogen and oxygen atoms in total. The van der Waals surface area contributed by atoms with E-state index < -0.39 is 0 Å². The number of piperidine rings is 1. The van der Waals surface area contributed by atoms with Crippen LogP contribution in [0.1, 0.15) is 31.7 Å². The number of ketones is 1. The van der Waals surface area contributed by atoms with E-state index in [2.05, 4.69) is 24.4 Å². The van der Waals surface area contributed by atoms with Crippen LogP contribution >= 0.6 is 0 Å². The van der Waals surface area contributed by atoms with Crippen molar-refractivity contribution < 1.29 is 4.79 Å². The van der Waals surface area contributed by atoms with Crippen LogP contribution in [0, 0.1) is 5.41 Å². The van der Waals surface area contributed by atoms with Gasteiger partial charge in [-0.15, -0.1) is 0 Å². The zero-order valence-corrected chi connectivity index (χ0v) is 10.5. The van der Waals surface area contributed by atoms with Crippen molar-refractivity contribution >= 4 is 5.78 Å². The number of Topliss-reactive ketones (excluding diaryl/α,β-unsaturated/α-hetero) is 1. The van der Waals surface area contributed by atoms with Gasteiger partial charge in [-0.2, -0.15) is 0 Å². The van der Waals surface area contributed by atoms with Gasteiger partial charge in [0.25, 0.3) is 0 Å². The molecule has 2 heteroatoms. The number of carbonyl (C=O) groups excluding carboxylic acids is 1. The lowest BCUT2D eigenvalue weighted by atomic mass is 9.77. The van der Waals surface area contributed by atoms with Crippen molar-refractivity contribution in [2.45, 2.75) is 32.6 Å². The van der Waals surface area contributed by atoms with Gasteiger partial charge in [0, 0.05) is 18.4 Å². The van der Waals surface area contributed by atoms with Gasteiger partial charge in [0.1, 0.15) is 5.78 Å². The predicted octanol–water partition coefficient (Wildman–Crippen LogP) is 2.58. The highest BCUT2D eigenvalue weighted by atomic mass is 16.1. The molecule has 1 aromatic rings. The van der Waals surface area contributed by atoms with Crippen LogP contribution in [0.3, 0.4) is 0 Å². The zero-order valence-electron chi connectivity index (χ0n) is 10.5. The molecule has 1 aromatic carbocycles. The Bertz CT molecular complexity index is 366. The minimum atomic E-state index is -0.132. The van der Waals surface area contributed by atoms with Crippen LogP contribution in [0.25, 0.3) is 0 Å². The fourth-order valence-electron chi connectivity index (χ4n) is 2.50. The topological polar surface area (TPSA) is 29.1 Å². The van der Waals surface area contributed by atoms with Crippen molar-refractivity contribution in [3.05, 3.63) is 35.9 Å².